The third-order valence-electron chi connectivity index (χ3n) is 5.50. The Morgan fingerprint density at radius 3 is 2.35 bits per heavy atom. The minimum atomic E-state index is -4.75. The van der Waals surface area contributed by atoms with Gasteiger partial charge >= 0.3 is 12.3 Å². The molecular weight excluding hydrogens is 489 g/mol. The molecule has 3 aromatic carbocycles. The molecule has 0 aromatic heterocycles. The maximum absolute atomic E-state index is 12.4. The van der Waals surface area contributed by atoms with Gasteiger partial charge in [0, 0.05) is 0 Å². The summed E-state index contributed by atoms with van der Waals surface area (Å²) in [6.45, 7) is 2.16. The normalized spacial score (nSPS) is 15.2. The van der Waals surface area contributed by atoms with Crippen molar-refractivity contribution in [1.82, 2.24) is 0 Å². The zero-order chi connectivity index (χ0) is 26.4. The Morgan fingerprint density at radius 2 is 1.70 bits per heavy atom. The lowest BCUT2D eigenvalue weighted by Gasteiger charge is -2.27. The average molecular weight is 512 g/mol. The molecule has 0 amide bonds. The molecule has 9 heteroatoms. The van der Waals surface area contributed by atoms with Gasteiger partial charge in [-0.2, -0.15) is 0 Å². The van der Waals surface area contributed by atoms with Gasteiger partial charge in [0.1, 0.15) is 24.7 Å². The van der Waals surface area contributed by atoms with Crippen molar-refractivity contribution in [2.75, 3.05) is 13.2 Å². The second-order valence-corrected chi connectivity index (χ2v) is 8.21. The largest absolute Gasteiger partial charge is 0.573 e. The molecule has 2 atom stereocenters. The predicted octanol–water partition coefficient (Wildman–Crippen LogP) is 6.05. The molecule has 192 valence electrons. The first-order chi connectivity index (χ1) is 17.7. The molecule has 0 radical (unpaired) electrons. The van der Waals surface area contributed by atoms with E-state index in [0.717, 1.165) is 11.1 Å². The molecule has 1 aliphatic rings. The summed E-state index contributed by atoms with van der Waals surface area (Å²) in [7, 11) is 0. The number of benzene rings is 3. The fourth-order valence-electron chi connectivity index (χ4n) is 3.81. The quantitative estimate of drug-likeness (QED) is 0.371. The minimum Gasteiger partial charge on any atom is -0.490 e. The van der Waals surface area contributed by atoms with Crippen LogP contribution < -0.4 is 18.9 Å². The van der Waals surface area contributed by atoms with Crippen molar-refractivity contribution in [3.8, 4) is 46.0 Å². The van der Waals surface area contributed by atoms with Gasteiger partial charge < -0.3 is 24.1 Å². The summed E-state index contributed by atoms with van der Waals surface area (Å²) in [5.74, 6) is 5.71. The van der Waals surface area contributed by atoms with Gasteiger partial charge in [0.15, 0.2) is 17.6 Å². The highest BCUT2D eigenvalue weighted by Gasteiger charge is 2.31. The van der Waals surface area contributed by atoms with Crippen LogP contribution in [0.5, 0.6) is 23.0 Å². The molecule has 37 heavy (non-hydrogen) atoms. The number of hydrogen-bond acceptors (Lipinski definition) is 5. The van der Waals surface area contributed by atoms with Crippen molar-refractivity contribution in [3.05, 3.63) is 72.3 Å². The van der Waals surface area contributed by atoms with E-state index in [-0.39, 0.29) is 25.4 Å². The van der Waals surface area contributed by atoms with Gasteiger partial charge in [-0.1, -0.05) is 36.3 Å². The molecular formula is C28H23F3O6. The zero-order valence-electron chi connectivity index (χ0n) is 19.7. The Bertz CT molecular complexity index is 1290. The highest BCUT2D eigenvalue weighted by molar-refractivity contribution is 5.69. The topological polar surface area (TPSA) is 74.2 Å². The third kappa shape index (κ3) is 7.10. The Balaban J connectivity index is 1.37. The van der Waals surface area contributed by atoms with E-state index >= 15 is 0 Å². The summed E-state index contributed by atoms with van der Waals surface area (Å²) in [4.78, 5) is 11.1. The van der Waals surface area contributed by atoms with Crippen molar-refractivity contribution < 1.29 is 42.0 Å². The van der Waals surface area contributed by atoms with Gasteiger partial charge in [-0.3, -0.25) is 4.79 Å². The molecule has 0 saturated heterocycles. The smallest absolute Gasteiger partial charge is 0.490 e. The Kier molecular flexibility index (Phi) is 7.77. The second kappa shape index (κ2) is 11.2. The Labute approximate surface area is 211 Å². The summed E-state index contributed by atoms with van der Waals surface area (Å²) < 4.78 is 58.8. The van der Waals surface area contributed by atoms with Crippen LogP contribution in [0.25, 0.3) is 11.1 Å². The third-order valence-corrected chi connectivity index (χ3v) is 5.50. The highest BCUT2D eigenvalue weighted by atomic mass is 19.4. The van der Waals surface area contributed by atoms with E-state index < -0.39 is 24.4 Å². The molecule has 0 bridgehead atoms. The number of halogens is 3. The van der Waals surface area contributed by atoms with Crippen LogP contribution in [-0.2, 0) is 4.79 Å². The van der Waals surface area contributed by atoms with Crippen LogP contribution in [0.4, 0.5) is 13.2 Å². The maximum atomic E-state index is 12.4. The number of ether oxygens (including phenoxy) is 4. The SMILES string of the molecule is CC#C[C@@H](CC(=O)O)c1ccc(OC[C@H]2COc3ccc(-c4ccc(OC(F)(F)F)cc4)cc3O2)cc1. The summed E-state index contributed by atoms with van der Waals surface area (Å²) in [5.41, 5.74) is 2.22. The van der Waals surface area contributed by atoms with E-state index in [9.17, 15) is 18.0 Å². The van der Waals surface area contributed by atoms with Crippen molar-refractivity contribution in [2.45, 2.75) is 31.7 Å². The first-order valence-corrected chi connectivity index (χ1v) is 11.4. The molecule has 1 N–H and O–H groups in total. The molecule has 0 spiro atoms. The van der Waals surface area contributed by atoms with Crippen LogP contribution in [-0.4, -0.2) is 36.8 Å². The summed E-state index contributed by atoms with van der Waals surface area (Å²) in [5, 5.41) is 9.09. The Hall–Kier alpha value is -4.32. The molecule has 0 saturated carbocycles. The minimum absolute atomic E-state index is 0.0822. The molecule has 0 aliphatic carbocycles. The first-order valence-electron chi connectivity index (χ1n) is 11.4. The number of aliphatic carboxylic acids is 1. The van der Waals surface area contributed by atoms with Gasteiger partial charge in [-0.25, -0.2) is 0 Å². The Morgan fingerprint density at radius 1 is 1.03 bits per heavy atom. The van der Waals surface area contributed by atoms with Crippen molar-refractivity contribution in [3.63, 3.8) is 0 Å². The van der Waals surface area contributed by atoms with Crippen LogP contribution >= 0.6 is 0 Å². The average Bonchev–Trinajstić information content (AvgIpc) is 2.86. The molecule has 0 fully saturated rings. The van der Waals surface area contributed by atoms with Crippen LogP contribution in [0.15, 0.2) is 66.7 Å². The monoisotopic (exact) mass is 512 g/mol. The maximum Gasteiger partial charge on any atom is 0.573 e. The summed E-state index contributed by atoms with van der Waals surface area (Å²) in [6.07, 6.45) is -5.22. The van der Waals surface area contributed by atoms with Crippen LogP contribution in [0, 0.1) is 11.8 Å². The van der Waals surface area contributed by atoms with Gasteiger partial charge in [0.2, 0.25) is 0 Å². The lowest BCUT2D eigenvalue weighted by molar-refractivity contribution is -0.274. The number of fused-ring (bicyclic) bond motifs is 1. The molecule has 0 unspecified atom stereocenters. The lowest BCUT2D eigenvalue weighted by Crippen LogP contribution is -2.34. The number of carboxylic acid groups (broad SMARTS) is 1. The standard InChI is InChI=1S/C28H23F3O6/c1-2-3-20(15-27(32)33)18-4-9-22(10-5-18)34-16-24-17-35-25-13-8-21(14-26(25)36-24)19-6-11-23(12-7-19)37-28(29,30)31/h4-14,20,24H,15-17H2,1H3,(H,32,33)/t20-,24-/m0/s1. The van der Waals surface area contributed by atoms with E-state index in [1.807, 2.05) is 0 Å². The summed E-state index contributed by atoms with van der Waals surface area (Å²) >= 11 is 0. The molecule has 1 heterocycles. The van der Waals surface area contributed by atoms with Crippen LogP contribution in [0.1, 0.15) is 24.8 Å². The van der Waals surface area contributed by atoms with Gasteiger partial charge in [-0.05, 0) is 60.0 Å². The molecule has 3 aromatic rings. The van der Waals surface area contributed by atoms with Crippen molar-refractivity contribution >= 4 is 5.97 Å². The first kappa shape index (κ1) is 25.8. The van der Waals surface area contributed by atoms with Crippen LogP contribution in [0.2, 0.25) is 0 Å². The summed E-state index contributed by atoms with van der Waals surface area (Å²) in [6, 6.07) is 17.9. The number of rotatable bonds is 8. The van der Waals surface area contributed by atoms with Crippen molar-refractivity contribution in [1.29, 1.82) is 0 Å². The van der Waals surface area contributed by atoms with Gasteiger partial charge in [0.25, 0.3) is 0 Å². The van der Waals surface area contributed by atoms with E-state index in [0.29, 0.717) is 22.8 Å². The fourth-order valence-corrected chi connectivity index (χ4v) is 3.81. The number of carbonyl (C=O) groups is 1. The van der Waals surface area contributed by atoms with Gasteiger partial charge in [0.05, 0.1) is 12.3 Å². The second-order valence-electron chi connectivity index (χ2n) is 8.21. The predicted molar refractivity (Wildman–Crippen MR) is 129 cm³/mol. The van der Waals surface area contributed by atoms with E-state index in [1.165, 1.54) is 24.3 Å². The van der Waals surface area contributed by atoms with Crippen molar-refractivity contribution in [2.24, 2.45) is 0 Å². The fraction of sp³-hybridized carbons (Fsp3) is 0.250. The van der Waals surface area contributed by atoms with Crippen LogP contribution in [0.3, 0.4) is 0 Å². The number of carboxylic acids is 1. The van der Waals surface area contributed by atoms with Gasteiger partial charge in [-0.15, -0.1) is 19.1 Å². The van der Waals surface area contributed by atoms with E-state index in [1.54, 1.807) is 49.4 Å². The van der Waals surface area contributed by atoms with E-state index in [2.05, 4.69) is 16.6 Å². The number of alkyl halides is 3. The molecule has 6 nitrogen and oxygen atoms in total. The lowest BCUT2D eigenvalue weighted by atomic mass is 9.96. The highest BCUT2D eigenvalue weighted by Crippen LogP contribution is 2.36. The molecule has 1 aliphatic heterocycles. The number of hydrogen-bond donors (Lipinski definition) is 1. The zero-order valence-corrected chi connectivity index (χ0v) is 19.7. The molecule has 4 rings (SSSR count). The van der Waals surface area contributed by atoms with E-state index in [4.69, 9.17) is 19.3 Å².